The first-order chi connectivity index (χ1) is 13.3. The van der Waals surface area contributed by atoms with Crippen molar-refractivity contribution in [1.82, 2.24) is 4.31 Å². The fourth-order valence-corrected chi connectivity index (χ4v) is 6.25. The molecule has 0 spiro atoms. The third-order valence-electron chi connectivity index (χ3n) is 5.00. The van der Waals surface area contributed by atoms with E-state index in [1.807, 2.05) is 0 Å². The van der Waals surface area contributed by atoms with E-state index in [0.29, 0.717) is 12.0 Å². The maximum atomic E-state index is 13.5. The van der Waals surface area contributed by atoms with Crippen LogP contribution in [0.2, 0.25) is 0 Å². The minimum atomic E-state index is -4.61. The molecule has 0 radical (unpaired) electrons. The molecule has 1 saturated heterocycles. The van der Waals surface area contributed by atoms with Gasteiger partial charge in [0.25, 0.3) is 0 Å². The summed E-state index contributed by atoms with van der Waals surface area (Å²) in [6.07, 6.45) is -2.99. The summed E-state index contributed by atoms with van der Waals surface area (Å²) in [4.78, 5) is -0.370. The number of aryl methyl sites for hydroxylation is 1. The van der Waals surface area contributed by atoms with E-state index < -0.39 is 37.6 Å². The van der Waals surface area contributed by atoms with E-state index >= 15 is 0 Å². The predicted molar refractivity (Wildman–Crippen MR) is 102 cm³/mol. The van der Waals surface area contributed by atoms with Gasteiger partial charge in [-0.3, -0.25) is 0 Å². The Balaban J connectivity index is 2.12. The Morgan fingerprint density at radius 3 is 2.31 bits per heavy atom. The van der Waals surface area contributed by atoms with Gasteiger partial charge >= 0.3 is 6.18 Å². The second-order valence-electron chi connectivity index (χ2n) is 7.06. The van der Waals surface area contributed by atoms with Crippen LogP contribution < -0.4 is 0 Å². The van der Waals surface area contributed by atoms with Crippen molar-refractivity contribution < 1.29 is 30.0 Å². The number of rotatable bonds is 4. The Kier molecular flexibility index (Phi) is 5.57. The molecule has 1 heterocycles. The van der Waals surface area contributed by atoms with Crippen molar-refractivity contribution in [3.63, 3.8) is 0 Å². The summed E-state index contributed by atoms with van der Waals surface area (Å²) in [6, 6.07) is 7.74. The number of hydrogen-bond acceptors (Lipinski definition) is 4. The lowest BCUT2D eigenvalue weighted by Gasteiger charge is -2.27. The normalized spacial score (nSPS) is 18.9. The molecule has 1 atom stereocenters. The number of halogens is 3. The van der Waals surface area contributed by atoms with Gasteiger partial charge in [-0.25, -0.2) is 16.8 Å². The molecular formula is C19H20F3NO4S2. The average molecular weight is 448 g/mol. The van der Waals surface area contributed by atoms with Crippen LogP contribution in [0.25, 0.3) is 0 Å². The van der Waals surface area contributed by atoms with Gasteiger partial charge in [0, 0.05) is 12.8 Å². The van der Waals surface area contributed by atoms with Crippen LogP contribution in [0.15, 0.2) is 52.3 Å². The van der Waals surface area contributed by atoms with E-state index in [0.717, 1.165) is 22.7 Å². The molecule has 3 rings (SSSR count). The van der Waals surface area contributed by atoms with Crippen molar-refractivity contribution in [2.75, 3.05) is 12.8 Å². The minimum Gasteiger partial charge on any atom is -0.224 e. The van der Waals surface area contributed by atoms with E-state index in [9.17, 15) is 30.0 Å². The highest BCUT2D eigenvalue weighted by Gasteiger charge is 2.42. The Morgan fingerprint density at radius 2 is 1.69 bits per heavy atom. The van der Waals surface area contributed by atoms with Crippen LogP contribution in [0.5, 0.6) is 0 Å². The summed E-state index contributed by atoms with van der Waals surface area (Å²) < 4.78 is 91.8. The van der Waals surface area contributed by atoms with Gasteiger partial charge in [0.2, 0.25) is 10.0 Å². The van der Waals surface area contributed by atoms with Gasteiger partial charge in [0.15, 0.2) is 9.84 Å². The van der Waals surface area contributed by atoms with Crippen molar-refractivity contribution in [1.29, 1.82) is 0 Å². The first-order valence-electron chi connectivity index (χ1n) is 8.82. The molecule has 0 saturated carbocycles. The van der Waals surface area contributed by atoms with Crippen LogP contribution in [0.3, 0.4) is 0 Å². The maximum Gasteiger partial charge on any atom is 0.416 e. The fourth-order valence-electron chi connectivity index (χ4n) is 3.60. The smallest absolute Gasteiger partial charge is 0.224 e. The lowest BCUT2D eigenvalue weighted by Crippen LogP contribution is -2.32. The third-order valence-corrected chi connectivity index (χ3v) is 8.16. The van der Waals surface area contributed by atoms with E-state index in [-0.39, 0.29) is 28.3 Å². The summed E-state index contributed by atoms with van der Waals surface area (Å²) in [5, 5.41) is 0. The van der Waals surface area contributed by atoms with Gasteiger partial charge in [0.05, 0.1) is 21.4 Å². The highest BCUT2D eigenvalue weighted by Crippen LogP contribution is 2.42. The number of sulfonamides is 1. The average Bonchev–Trinajstić information content (AvgIpc) is 3.10. The summed E-state index contributed by atoms with van der Waals surface area (Å²) in [5.41, 5.74) is -0.640. The first-order valence-corrected chi connectivity index (χ1v) is 12.2. The van der Waals surface area contributed by atoms with Gasteiger partial charge in [-0.05, 0) is 49.1 Å². The summed E-state index contributed by atoms with van der Waals surface area (Å²) in [6.45, 7) is 1.58. The fraction of sp³-hybridized carbons (Fsp3) is 0.368. The number of alkyl halides is 3. The van der Waals surface area contributed by atoms with Crippen LogP contribution >= 0.6 is 0 Å². The zero-order valence-corrected chi connectivity index (χ0v) is 17.4. The van der Waals surface area contributed by atoms with Crippen LogP contribution in [0, 0.1) is 6.92 Å². The second-order valence-corrected chi connectivity index (χ2v) is 10.9. The van der Waals surface area contributed by atoms with Gasteiger partial charge in [-0.1, -0.05) is 24.3 Å². The Bertz CT molecular complexity index is 1140. The SMILES string of the molecule is Cc1ccc(S(C)(=O)=O)cc1S(=O)(=O)N1CCCC1c1ccccc1C(F)(F)F. The second kappa shape index (κ2) is 7.41. The summed E-state index contributed by atoms with van der Waals surface area (Å²) in [5.74, 6) is 0. The Hall–Kier alpha value is -1.91. The van der Waals surface area contributed by atoms with E-state index in [1.165, 1.54) is 37.3 Å². The number of benzene rings is 2. The zero-order valence-electron chi connectivity index (χ0n) is 15.8. The molecule has 0 bridgehead atoms. The monoisotopic (exact) mass is 447 g/mol. The van der Waals surface area contributed by atoms with Crippen molar-refractivity contribution in [2.45, 2.75) is 41.8 Å². The number of hydrogen-bond donors (Lipinski definition) is 0. The molecule has 29 heavy (non-hydrogen) atoms. The Morgan fingerprint density at radius 1 is 1.03 bits per heavy atom. The molecular weight excluding hydrogens is 427 g/mol. The van der Waals surface area contributed by atoms with Crippen molar-refractivity contribution in [3.05, 3.63) is 59.2 Å². The van der Waals surface area contributed by atoms with Crippen molar-refractivity contribution in [2.24, 2.45) is 0 Å². The molecule has 2 aromatic rings. The van der Waals surface area contributed by atoms with Crippen LogP contribution in [-0.4, -0.2) is 33.9 Å². The first kappa shape index (κ1) is 21.8. The van der Waals surface area contributed by atoms with Crippen molar-refractivity contribution >= 4 is 19.9 Å². The summed E-state index contributed by atoms with van der Waals surface area (Å²) in [7, 11) is -7.86. The molecule has 0 aliphatic carbocycles. The van der Waals surface area contributed by atoms with Gasteiger partial charge in [-0.2, -0.15) is 17.5 Å². The molecule has 5 nitrogen and oxygen atoms in total. The molecule has 1 fully saturated rings. The molecule has 1 unspecified atom stereocenters. The topological polar surface area (TPSA) is 71.5 Å². The van der Waals surface area contributed by atoms with Gasteiger partial charge in [0.1, 0.15) is 0 Å². The quantitative estimate of drug-likeness (QED) is 0.712. The van der Waals surface area contributed by atoms with E-state index in [1.54, 1.807) is 0 Å². The van der Waals surface area contributed by atoms with Crippen LogP contribution in [-0.2, 0) is 26.0 Å². The molecule has 0 N–H and O–H groups in total. The summed E-state index contributed by atoms with van der Waals surface area (Å²) >= 11 is 0. The highest BCUT2D eigenvalue weighted by atomic mass is 32.2. The van der Waals surface area contributed by atoms with Gasteiger partial charge < -0.3 is 0 Å². The van der Waals surface area contributed by atoms with E-state index in [2.05, 4.69) is 0 Å². The van der Waals surface area contributed by atoms with Crippen LogP contribution in [0.4, 0.5) is 13.2 Å². The molecule has 10 heteroatoms. The number of sulfone groups is 1. The molecule has 158 valence electrons. The zero-order chi connectivity index (χ0) is 21.6. The lowest BCUT2D eigenvalue weighted by molar-refractivity contribution is -0.138. The maximum absolute atomic E-state index is 13.5. The van der Waals surface area contributed by atoms with Crippen LogP contribution in [0.1, 0.15) is 35.6 Å². The molecule has 0 aromatic heterocycles. The molecule has 0 amide bonds. The van der Waals surface area contributed by atoms with E-state index in [4.69, 9.17) is 0 Å². The highest BCUT2D eigenvalue weighted by molar-refractivity contribution is 7.91. The third kappa shape index (κ3) is 4.19. The predicted octanol–water partition coefficient (Wildman–Crippen LogP) is 3.94. The molecule has 1 aliphatic heterocycles. The van der Waals surface area contributed by atoms with Gasteiger partial charge in [-0.15, -0.1) is 0 Å². The lowest BCUT2D eigenvalue weighted by atomic mass is 9.99. The number of nitrogens with zero attached hydrogens (tertiary/aromatic N) is 1. The largest absolute Gasteiger partial charge is 0.416 e. The minimum absolute atomic E-state index is 0.0573. The van der Waals surface area contributed by atoms with Crippen molar-refractivity contribution in [3.8, 4) is 0 Å². The Labute approximate surface area is 168 Å². The molecule has 2 aromatic carbocycles. The molecule has 1 aliphatic rings. The standard InChI is InChI=1S/C19H20F3NO4S2/c1-13-9-10-14(28(2,24)25)12-18(13)29(26,27)23-11-5-8-17(23)15-6-3-4-7-16(15)19(20,21)22/h3-4,6-7,9-10,12,17H,5,8,11H2,1-2H3.